The van der Waals surface area contributed by atoms with Crippen LogP contribution >= 0.6 is 22.6 Å². The van der Waals surface area contributed by atoms with E-state index < -0.39 is 15.4 Å². The number of fused-ring (bicyclic) bond motifs is 1. The molecule has 0 bridgehead atoms. The molecule has 1 aliphatic rings. The Morgan fingerprint density at radius 3 is 2.72 bits per heavy atom. The second-order valence-corrected chi connectivity index (χ2v) is 16.3. The summed E-state index contributed by atoms with van der Waals surface area (Å²) < 4.78 is 14.4. The maximum absolute atomic E-state index is 10.6. The van der Waals surface area contributed by atoms with Crippen molar-refractivity contribution >= 4 is 38.0 Å². The summed E-state index contributed by atoms with van der Waals surface area (Å²) in [6, 6.07) is 10.4. The number of benzene rings is 1. The van der Waals surface area contributed by atoms with Crippen LogP contribution in [-0.4, -0.2) is 49.4 Å². The van der Waals surface area contributed by atoms with Crippen molar-refractivity contribution in [3.63, 3.8) is 0 Å². The average Bonchev–Trinajstić information content (AvgIpc) is 2.72. The Hall–Kier alpha value is -0.938. The molecule has 0 amide bonds. The van der Waals surface area contributed by atoms with Gasteiger partial charge in [-0.15, -0.1) is 0 Å². The lowest BCUT2D eigenvalue weighted by Crippen LogP contribution is -2.49. The molecule has 0 saturated heterocycles. The number of hydrogen-bond donors (Lipinski definition) is 1. The van der Waals surface area contributed by atoms with Gasteiger partial charge >= 0.3 is 7.05 Å². The fourth-order valence-corrected chi connectivity index (χ4v) is 5.54. The van der Waals surface area contributed by atoms with Crippen molar-refractivity contribution in [2.45, 2.75) is 70.8 Å². The zero-order chi connectivity index (χ0) is 23.5. The third kappa shape index (κ3) is 6.56. The van der Waals surface area contributed by atoms with Crippen LogP contribution in [0.1, 0.15) is 44.4 Å². The molecule has 0 spiro atoms. The number of hydrogen-bond acceptors (Lipinski definition) is 5. The summed E-state index contributed by atoms with van der Waals surface area (Å²) in [6.45, 7) is 14.4. The van der Waals surface area contributed by atoms with Gasteiger partial charge in [-0.05, 0) is 95.8 Å². The molecule has 1 aromatic carbocycles. The van der Waals surface area contributed by atoms with Crippen molar-refractivity contribution in [3.8, 4) is 5.75 Å². The first kappa shape index (κ1) is 25.7. The number of aryl methyl sites for hydroxylation is 1. The Labute approximate surface area is 208 Å². The summed E-state index contributed by atoms with van der Waals surface area (Å²) in [5.41, 5.74) is 2.32. The third-order valence-corrected chi connectivity index (χ3v) is 11.9. The lowest BCUT2D eigenvalue weighted by atomic mass is 9.83. The predicted molar refractivity (Wildman–Crippen MR) is 143 cm³/mol. The highest BCUT2D eigenvalue weighted by Gasteiger charge is 2.40. The molecule has 0 radical (unpaired) electrons. The standard InChI is InChI=1S/C24H36BIN2O3Si/c1-24(2,3)32(5,6)31-23(19-8-7-13-27-15-19)17-28(25(4)29)16-21-11-9-18-14-20(26)10-12-22(18)30-21/h7-8,10,12-15,21,23,29H,9,11,16-17H2,1-6H3/t21-,23+/m1/s1. The first-order valence-electron chi connectivity index (χ1n) is 11.4. The lowest BCUT2D eigenvalue weighted by molar-refractivity contribution is 0.105. The van der Waals surface area contributed by atoms with E-state index in [9.17, 15) is 5.02 Å². The Morgan fingerprint density at radius 1 is 1.34 bits per heavy atom. The van der Waals surface area contributed by atoms with Crippen molar-refractivity contribution in [2.75, 3.05) is 13.1 Å². The largest absolute Gasteiger partial charge is 0.489 e. The first-order chi connectivity index (χ1) is 15.0. The van der Waals surface area contributed by atoms with E-state index in [2.05, 4.69) is 90.5 Å². The molecular weight excluding hydrogens is 530 g/mol. The molecule has 174 valence electrons. The number of aromatic nitrogens is 1. The lowest BCUT2D eigenvalue weighted by Gasteiger charge is -2.41. The normalized spacial score (nSPS) is 17.6. The van der Waals surface area contributed by atoms with Gasteiger partial charge < -0.3 is 19.0 Å². The Bertz CT molecular complexity index is 893. The van der Waals surface area contributed by atoms with Gasteiger partial charge in [-0.25, -0.2) is 0 Å². The maximum Gasteiger partial charge on any atom is 0.376 e. The van der Waals surface area contributed by atoms with Crippen LogP contribution in [0.5, 0.6) is 5.75 Å². The Morgan fingerprint density at radius 2 is 2.09 bits per heavy atom. The summed E-state index contributed by atoms with van der Waals surface area (Å²) >= 11 is 2.34. The number of rotatable bonds is 8. The van der Waals surface area contributed by atoms with Gasteiger partial charge in [0.2, 0.25) is 0 Å². The van der Waals surface area contributed by atoms with Crippen LogP contribution in [0.2, 0.25) is 25.0 Å². The SMILES string of the molecule is CB(O)N(C[C@H]1CCc2cc(I)ccc2O1)C[C@H](O[Si](C)(C)C(C)(C)C)c1cccnc1. The molecule has 2 heterocycles. The van der Waals surface area contributed by atoms with E-state index in [4.69, 9.17) is 9.16 Å². The molecular formula is C24H36BIN2O3Si. The van der Waals surface area contributed by atoms with Crippen molar-refractivity contribution in [3.05, 3.63) is 57.4 Å². The first-order valence-corrected chi connectivity index (χ1v) is 15.4. The molecule has 5 nitrogen and oxygen atoms in total. The molecule has 0 unspecified atom stereocenters. The van der Waals surface area contributed by atoms with Crippen LogP contribution in [0, 0.1) is 3.57 Å². The molecule has 1 N–H and O–H groups in total. The van der Waals surface area contributed by atoms with Crippen molar-refractivity contribution < 1.29 is 14.2 Å². The van der Waals surface area contributed by atoms with Crippen LogP contribution in [0.15, 0.2) is 42.7 Å². The van der Waals surface area contributed by atoms with Crippen LogP contribution in [0.25, 0.3) is 0 Å². The summed E-state index contributed by atoms with van der Waals surface area (Å²) in [5, 5.41) is 10.7. The minimum Gasteiger partial charge on any atom is -0.489 e. The maximum atomic E-state index is 10.6. The zero-order valence-electron chi connectivity index (χ0n) is 20.1. The van der Waals surface area contributed by atoms with Gasteiger partial charge in [0.05, 0.1) is 6.10 Å². The van der Waals surface area contributed by atoms with Crippen LogP contribution < -0.4 is 4.74 Å². The molecule has 2 atom stereocenters. The van der Waals surface area contributed by atoms with Gasteiger partial charge in [0, 0.05) is 29.1 Å². The number of pyridine rings is 1. The quantitative estimate of drug-likeness (QED) is 0.336. The summed E-state index contributed by atoms with van der Waals surface area (Å²) in [5.74, 6) is 0.966. The molecule has 2 aromatic rings. The van der Waals surface area contributed by atoms with Crippen molar-refractivity contribution in [1.82, 2.24) is 9.79 Å². The molecule has 1 aromatic heterocycles. The van der Waals surface area contributed by atoms with Crippen LogP contribution in [-0.2, 0) is 10.8 Å². The van der Waals surface area contributed by atoms with Gasteiger partial charge in [-0.2, -0.15) is 0 Å². The highest BCUT2D eigenvalue weighted by Crippen LogP contribution is 2.40. The zero-order valence-corrected chi connectivity index (χ0v) is 23.3. The number of halogens is 1. The van der Waals surface area contributed by atoms with E-state index in [1.54, 1.807) is 6.20 Å². The minimum atomic E-state index is -2.03. The van der Waals surface area contributed by atoms with Gasteiger partial charge in [-0.1, -0.05) is 26.8 Å². The second-order valence-electron chi connectivity index (χ2n) is 10.3. The molecule has 8 heteroatoms. The minimum absolute atomic E-state index is 0.0413. The molecule has 32 heavy (non-hydrogen) atoms. The third-order valence-electron chi connectivity index (χ3n) is 6.72. The summed E-state index contributed by atoms with van der Waals surface area (Å²) in [4.78, 5) is 6.40. The Kier molecular flexibility index (Phi) is 8.47. The fourth-order valence-electron chi connectivity index (χ4n) is 3.71. The van der Waals surface area contributed by atoms with Crippen LogP contribution in [0.4, 0.5) is 0 Å². The number of nitrogens with zero attached hydrogens (tertiary/aromatic N) is 2. The molecule has 0 aliphatic carbocycles. The summed E-state index contributed by atoms with van der Waals surface area (Å²) in [6.07, 6.45) is 5.49. The smallest absolute Gasteiger partial charge is 0.376 e. The van der Waals surface area contributed by atoms with E-state index in [-0.39, 0.29) is 17.2 Å². The van der Waals surface area contributed by atoms with E-state index in [1.807, 2.05) is 19.1 Å². The van der Waals surface area contributed by atoms with E-state index in [0.717, 1.165) is 24.2 Å². The average molecular weight is 566 g/mol. The molecule has 1 aliphatic heterocycles. The second kappa shape index (κ2) is 10.5. The molecule has 3 rings (SSSR count). The van der Waals surface area contributed by atoms with Gasteiger partial charge in [-0.3, -0.25) is 4.98 Å². The van der Waals surface area contributed by atoms with E-state index >= 15 is 0 Å². The predicted octanol–water partition coefficient (Wildman–Crippen LogP) is 5.56. The van der Waals surface area contributed by atoms with Gasteiger partial charge in [0.15, 0.2) is 8.32 Å². The Balaban J connectivity index is 1.77. The fraction of sp³-hybridized carbons (Fsp3) is 0.542. The number of ether oxygens (including phenoxy) is 1. The molecule has 0 saturated carbocycles. The van der Waals surface area contributed by atoms with Crippen LogP contribution in [0.3, 0.4) is 0 Å². The van der Waals surface area contributed by atoms with Gasteiger partial charge in [0.1, 0.15) is 11.9 Å². The molecule has 0 fully saturated rings. The highest BCUT2D eigenvalue weighted by molar-refractivity contribution is 14.1. The van der Waals surface area contributed by atoms with E-state index in [0.29, 0.717) is 13.1 Å². The van der Waals surface area contributed by atoms with Crippen molar-refractivity contribution in [2.24, 2.45) is 0 Å². The van der Waals surface area contributed by atoms with E-state index in [1.165, 1.54) is 9.13 Å². The van der Waals surface area contributed by atoms with Crippen molar-refractivity contribution in [1.29, 1.82) is 0 Å². The van der Waals surface area contributed by atoms with Gasteiger partial charge in [0.25, 0.3) is 0 Å². The highest BCUT2D eigenvalue weighted by atomic mass is 127. The summed E-state index contributed by atoms with van der Waals surface area (Å²) in [7, 11) is -2.62. The monoisotopic (exact) mass is 566 g/mol. The topological polar surface area (TPSA) is 54.8 Å².